The molecule has 1 unspecified atom stereocenters. The summed E-state index contributed by atoms with van der Waals surface area (Å²) in [5.41, 5.74) is 1.24. The molecule has 0 radical (unpaired) electrons. The lowest BCUT2D eigenvalue weighted by atomic mass is 10.0. The summed E-state index contributed by atoms with van der Waals surface area (Å²) in [5.74, 6) is 0. The van der Waals surface area contributed by atoms with Crippen LogP contribution in [0, 0.1) is 11.3 Å². The van der Waals surface area contributed by atoms with E-state index in [0.29, 0.717) is 12.5 Å². The van der Waals surface area contributed by atoms with Crippen LogP contribution < -0.4 is 5.32 Å². The zero-order chi connectivity index (χ0) is 11.8. The van der Waals surface area contributed by atoms with Gasteiger partial charge in [-0.25, -0.2) is 0 Å². The molecule has 1 atom stereocenters. The number of hydrogen-bond donors (Lipinski definition) is 1. The van der Waals surface area contributed by atoms with Gasteiger partial charge in [-0.1, -0.05) is 37.1 Å². The first-order valence-corrected chi connectivity index (χ1v) is 6.01. The van der Waals surface area contributed by atoms with Gasteiger partial charge in [0.2, 0.25) is 0 Å². The summed E-state index contributed by atoms with van der Waals surface area (Å²) in [7, 11) is 0. The molecule has 0 aliphatic heterocycles. The second kappa shape index (κ2) is 7.27. The standard InChI is InChI=1S/C13H17ClN2/c1-2-4-13(16-10-3-9-15)11-5-7-12(14)8-6-11/h5-8,13,16H,2-4,10H2,1H3. The Labute approximate surface area is 102 Å². The van der Waals surface area contributed by atoms with Gasteiger partial charge >= 0.3 is 0 Å². The van der Waals surface area contributed by atoms with E-state index in [1.54, 1.807) is 0 Å². The average molecular weight is 237 g/mol. The van der Waals surface area contributed by atoms with Gasteiger partial charge in [0.1, 0.15) is 0 Å². The smallest absolute Gasteiger partial charge is 0.0635 e. The summed E-state index contributed by atoms with van der Waals surface area (Å²) in [6.45, 7) is 2.90. The van der Waals surface area contributed by atoms with Crippen molar-refractivity contribution in [2.24, 2.45) is 0 Å². The minimum Gasteiger partial charge on any atom is -0.309 e. The molecule has 0 aromatic heterocycles. The molecule has 0 spiro atoms. The predicted octanol–water partition coefficient (Wildman–Crippen LogP) is 3.68. The highest BCUT2D eigenvalue weighted by Crippen LogP contribution is 2.20. The van der Waals surface area contributed by atoms with E-state index in [2.05, 4.69) is 18.3 Å². The fourth-order valence-electron chi connectivity index (χ4n) is 1.67. The summed E-state index contributed by atoms with van der Waals surface area (Å²) in [6.07, 6.45) is 2.74. The lowest BCUT2D eigenvalue weighted by Gasteiger charge is -2.17. The van der Waals surface area contributed by atoms with E-state index in [0.717, 1.165) is 24.4 Å². The molecule has 0 heterocycles. The largest absolute Gasteiger partial charge is 0.309 e. The van der Waals surface area contributed by atoms with Gasteiger partial charge in [-0.05, 0) is 24.1 Å². The second-order valence-corrected chi connectivity index (χ2v) is 4.19. The van der Waals surface area contributed by atoms with E-state index in [4.69, 9.17) is 16.9 Å². The van der Waals surface area contributed by atoms with Crippen LogP contribution in [0.25, 0.3) is 0 Å². The third-order valence-corrected chi connectivity index (χ3v) is 2.73. The van der Waals surface area contributed by atoms with Gasteiger partial charge in [-0.2, -0.15) is 5.26 Å². The number of benzene rings is 1. The maximum absolute atomic E-state index is 8.51. The Kier molecular flexibility index (Phi) is 5.92. The molecule has 1 N–H and O–H groups in total. The number of nitrogens with zero attached hydrogens (tertiary/aromatic N) is 1. The van der Waals surface area contributed by atoms with Crippen molar-refractivity contribution >= 4 is 11.6 Å². The Hall–Kier alpha value is -1.04. The molecule has 2 nitrogen and oxygen atoms in total. The number of nitriles is 1. The second-order valence-electron chi connectivity index (χ2n) is 3.76. The van der Waals surface area contributed by atoms with Crippen molar-refractivity contribution in [1.29, 1.82) is 5.26 Å². The molecule has 1 aromatic rings. The Balaban J connectivity index is 2.62. The molecular weight excluding hydrogens is 220 g/mol. The third kappa shape index (κ3) is 4.22. The van der Waals surface area contributed by atoms with Crippen LogP contribution in [0.2, 0.25) is 5.02 Å². The highest BCUT2D eigenvalue weighted by Gasteiger charge is 2.08. The van der Waals surface area contributed by atoms with Crippen LogP contribution in [0.1, 0.15) is 37.8 Å². The first kappa shape index (κ1) is 13.0. The number of rotatable bonds is 6. The normalized spacial score (nSPS) is 12.1. The van der Waals surface area contributed by atoms with Gasteiger partial charge in [0, 0.05) is 24.0 Å². The maximum atomic E-state index is 8.51. The lowest BCUT2D eigenvalue weighted by Crippen LogP contribution is -2.22. The summed E-state index contributed by atoms with van der Waals surface area (Å²) < 4.78 is 0. The average Bonchev–Trinajstić information content (AvgIpc) is 2.29. The fourth-order valence-corrected chi connectivity index (χ4v) is 1.80. The summed E-state index contributed by atoms with van der Waals surface area (Å²) in [6, 6.07) is 10.4. The van der Waals surface area contributed by atoms with Crippen molar-refractivity contribution in [1.82, 2.24) is 5.32 Å². The maximum Gasteiger partial charge on any atom is 0.0635 e. The molecule has 0 bridgehead atoms. The Morgan fingerprint density at radius 3 is 2.62 bits per heavy atom. The molecule has 86 valence electrons. The molecule has 1 aromatic carbocycles. The predicted molar refractivity (Wildman–Crippen MR) is 67.3 cm³/mol. The highest BCUT2D eigenvalue weighted by molar-refractivity contribution is 6.30. The summed E-state index contributed by atoms with van der Waals surface area (Å²) in [5, 5.41) is 12.7. The van der Waals surface area contributed by atoms with Gasteiger partial charge < -0.3 is 5.32 Å². The van der Waals surface area contributed by atoms with Crippen LogP contribution in [0.4, 0.5) is 0 Å². The van der Waals surface area contributed by atoms with E-state index in [1.807, 2.05) is 24.3 Å². The number of halogens is 1. The topological polar surface area (TPSA) is 35.8 Å². The van der Waals surface area contributed by atoms with Crippen molar-refractivity contribution in [3.05, 3.63) is 34.9 Å². The zero-order valence-electron chi connectivity index (χ0n) is 9.54. The summed E-state index contributed by atoms with van der Waals surface area (Å²) in [4.78, 5) is 0. The van der Waals surface area contributed by atoms with Crippen molar-refractivity contribution in [2.75, 3.05) is 6.54 Å². The van der Waals surface area contributed by atoms with Crippen molar-refractivity contribution in [3.63, 3.8) is 0 Å². The van der Waals surface area contributed by atoms with Gasteiger partial charge in [-0.15, -0.1) is 0 Å². The van der Waals surface area contributed by atoms with Crippen LogP contribution in [-0.4, -0.2) is 6.54 Å². The van der Waals surface area contributed by atoms with Crippen LogP contribution in [0.15, 0.2) is 24.3 Å². The molecular formula is C13H17ClN2. The van der Waals surface area contributed by atoms with E-state index in [9.17, 15) is 0 Å². The van der Waals surface area contributed by atoms with Crippen LogP contribution >= 0.6 is 11.6 Å². The monoisotopic (exact) mass is 236 g/mol. The summed E-state index contributed by atoms with van der Waals surface area (Å²) >= 11 is 5.86. The molecule has 16 heavy (non-hydrogen) atoms. The number of hydrogen-bond acceptors (Lipinski definition) is 2. The molecule has 0 aliphatic carbocycles. The molecule has 0 saturated heterocycles. The minimum absolute atomic E-state index is 0.329. The minimum atomic E-state index is 0.329. The van der Waals surface area contributed by atoms with Crippen LogP contribution in [-0.2, 0) is 0 Å². The SMILES string of the molecule is CCCC(NCCC#N)c1ccc(Cl)cc1. The Morgan fingerprint density at radius 2 is 2.06 bits per heavy atom. The molecule has 0 amide bonds. The lowest BCUT2D eigenvalue weighted by molar-refractivity contribution is 0.501. The van der Waals surface area contributed by atoms with Crippen molar-refractivity contribution in [2.45, 2.75) is 32.2 Å². The van der Waals surface area contributed by atoms with Gasteiger partial charge in [0.15, 0.2) is 0 Å². The van der Waals surface area contributed by atoms with Crippen molar-refractivity contribution in [3.8, 4) is 6.07 Å². The van der Waals surface area contributed by atoms with Crippen LogP contribution in [0.3, 0.4) is 0 Å². The molecule has 0 saturated carbocycles. The van der Waals surface area contributed by atoms with Crippen LogP contribution in [0.5, 0.6) is 0 Å². The molecule has 3 heteroatoms. The highest BCUT2D eigenvalue weighted by atomic mass is 35.5. The molecule has 1 rings (SSSR count). The van der Waals surface area contributed by atoms with E-state index in [1.165, 1.54) is 5.56 Å². The fraction of sp³-hybridized carbons (Fsp3) is 0.462. The number of nitrogens with one attached hydrogen (secondary N) is 1. The van der Waals surface area contributed by atoms with Crippen molar-refractivity contribution < 1.29 is 0 Å². The first-order chi connectivity index (χ1) is 7.77. The van der Waals surface area contributed by atoms with Gasteiger partial charge in [-0.3, -0.25) is 0 Å². The van der Waals surface area contributed by atoms with E-state index in [-0.39, 0.29) is 0 Å². The molecule has 0 aliphatic rings. The third-order valence-electron chi connectivity index (χ3n) is 2.48. The Morgan fingerprint density at radius 1 is 1.38 bits per heavy atom. The van der Waals surface area contributed by atoms with Gasteiger partial charge in [0.05, 0.1) is 6.07 Å². The zero-order valence-corrected chi connectivity index (χ0v) is 10.3. The van der Waals surface area contributed by atoms with E-state index >= 15 is 0 Å². The van der Waals surface area contributed by atoms with E-state index < -0.39 is 0 Å². The Bertz CT molecular complexity index is 340. The first-order valence-electron chi connectivity index (χ1n) is 5.63. The quantitative estimate of drug-likeness (QED) is 0.765. The molecule has 0 fully saturated rings. The van der Waals surface area contributed by atoms with Gasteiger partial charge in [0.25, 0.3) is 0 Å².